The third kappa shape index (κ3) is 2.90. The molecule has 2 fully saturated rings. The fraction of sp³-hybridized carbons (Fsp3) is 0.824. The predicted octanol–water partition coefficient (Wildman–Crippen LogP) is 3.47. The molecular formula is C17H28O4S. The van der Waals surface area contributed by atoms with E-state index < -0.39 is 10.1 Å². The minimum atomic E-state index is -3.49. The third-order valence-electron chi connectivity index (χ3n) is 6.26. The van der Waals surface area contributed by atoms with E-state index in [1.807, 2.05) is 0 Å². The van der Waals surface area contributed by atoms with E-state index in [-0.39, 0.29) is 22.9 Å². The summed E-state index contributed by atoms with van der Waals surface area (Å²) >= 11 is 0. The topological polar surface area (TPSA) is 60.4 Å². The maximum atomic E-state index is 11.7. The van der Waals surface area contributed by atoms with Crippen LogP contribution in [0.15, 0.2) is 11.1 Å². The van der Waals surface area contributed by atoms with E-state index in [4.69, 9.17) is 4.18 Å². The van der Waals surface area contributed by atoms with Gasteiger partial charge in [0.2, 0.25) is 0 Å². The molecular weight excluding hydrogens is 300 g/mol. The first-order valence-corrected chi connectivity index (χ1v) is 9.84. The molecule has 0 aromatic rings. The van der Waals surface area contributed by atoms with Crippen LogP contribution in [0.25, 0.3) is 0 Å². The van der Waals surface area contributed by atoms with Crippen LogP contribution in [0.2, 0.25) is 0 Å². The Bertz CT molecular complexity index is 588. The molecule has 0 bridgehead atoms. The van der Waals surface area contributed by atoms with E-state index in [9.17, 15) is 13.2 Å². The molecule has 2 saturated carbocycles. The Morgan fingerprint density at radius 2 is 1.86 bits per heavy atom. The number of rotatable bonds is 3. The van der Waals surface area contributed by atoms with Gasteiger partial charge in [-0.25, -0.2) is 0 Å². The highest BCUT2D eigenvalue weighted by Gasteiger charge is 2.59. The van der Waals surface area contributed by atoms with Crippen molar-refractivity contribution in [2.24, 2.45) is 16.7 Å². The molecule has 0 aromatic carbocycles. The van der Waals surface area contributed by atoms with Crippen molar-refractivity contribution in [3.05, 3.63) is 11.1 Å². The van der Waals surface area contributed by atoms with Crippen LogP contribution in [-0.2, 0) is 19.1 Å². The lowest BCUT2D eigenvalue weighted by Gasteiger charge is -2.59. The molecule has 0 heterocycles. The summed E-state index contributed by atoms with van der Waals surface area (Å²) in [6, 6.07) is 0. The van der Waals surface area contributed by atoms with Crippen LogP contribution in [0.4, 0.5) is 0 Å². The second kappa shape index (κ2) is 5.75. The summed E-state index contributed by atoms with van der Waals surface area (Å²) in [5.74, 6) is -0.0356. The van der Waals surface area contributed by atoms with Gasteiger partial charge in [-0.15, -0.1) is 0 Å². The van der Waals surface area contributed by atoms with E-state index in [2.05, 4.69) is 27.7 Å². The highest BCUT2D eigenvalue weighted by molar-refractivity contribution is 7.86. The molecule has 5 heteroatoms. The van der Waals surface area contributed by atoms with Crippen molar-refractivity contribution in [1.82, 2.24) is 0 Å². The number of carbonyl (C=O) groups excluding carboxylic acids is 1. The molecule has 0 unspecified atom stereocenters. The Balaban J connectivity index is 2.45. The summed E-state index contributed by atoms with van der Waals surface area (Å²) in [5.41, 5.74) is 2.19. The van der Waals surface area contributed by atoms with Crippen LogP contribution in [0.3, 0.4) is 0 Å². The second-order valence-electron chi connectivity index (χ2n) is 7.72. The van der Waals surface area contributed by atoms with Crippen LogP contribution < -0.4 is 0 Å². The van der Waals surface area contributed by atoms with Gasteiger partial charge in [0.15, 0.2) is 0 Å². The standard InChI is InChI=1S/C17H28O4S/c1-12(2)13-8-9-16(3)15(21-22(5,19)20)7-6-14(11-18)17(16,4)10-13/h11,14-15H,6-10H2,1-5H3/t14-,15+,16-,17-/m0/s1. The van der Waals surface area contributed by atoms with E-state index >= 15 is 0 Å². The molecule has 2 rings (SSSR count). The zero-order valence-electron chi connectivity index (χ0n) is 14.3. The van der Waals surface area contributed by atoms with Gasteiger partial charge in [-0.05, 0) is 51.4 Å². The molecule has 2 aliphatic rings. The highest BCUT2D eigenvalue weighted by atomic mass is 32.2. The predicted molar refractivity (Wildman–Crippen MR) is 86.9 cm³/mol. The summed E-state index contributed by atoms with van der Waals surface area (Å²) in [4.78, 5) is 11.7. The molecule has 0 spiro atoms. The quantitative estimate of drug-likeness (QED) is 0.452. The van der Waals surface area contributed by atoms with Gasteiger partial charge in [0.05, 0.1) is 12.4 Å². The first-order chi connectivity index (χ1) is 10.0. The van der Waals surface area contributed by atoms with Gasteiger partial charge in [-0.3, -0.25) is 4.18 Å². The molecule has 2 aliphatic carbocycles. The molecule has 126 valence electrons. The molecule has 4 atom stereocenters. The zero-order valence-corrected chi connectivity index (χ0v) is 15.1. The number of allylic oxidation sites excluding steroid dienone is 2. The third-order valence-corrected chi connectivity index (χ3v) is 6.84. The lowest BCUT2D eigenvalue weighted by Crippen LogP contribution is -2.57. The lowest BCUT2D eigenvalue weighted by atomic mass is 9.46. The fourth-order valence-corrected chi connectivity index (χ4v) is 5.22. The normalized spacial score (nSPS) is 39.2. The zero-order chi connectivity index (χ0) is 16.8. The average Bonchev–Trinajstić information content (AvgIpc) is 2.38. The van der Waals surface area contributed by atoms with Gasteiger partial charge >= 0.3 is 0 Å². The van der Waals surface area contributed by atoms with Crippen LogP contribution in [0, 0.1) is 16.7 Å². The molecule has 0 aliphatic heterocycles. The van der Waals surface area contributed by atoms with Crippen LogP contribution in [-0.4, -0.2) is 27.1 Å². The van der Waals surface area contributed by atoms with E-state index in [0.29, 0.717) is 12.8 Å². The molecule has 0 amide bonds. The van der Waals surface area contributed by atoms with E-state index in [0.717, 1.165) is 31.8 Å². The first kappa shape index (κ1) is 17.7. The van der Waals surface area contributed by atoms with Gasteiger partial charge in [0.25, 0.3) is 10.1 Å². The van der Waals surface area contributed by atoms with Crippen LogP contribution >= 0.6 is 0 Å². The minimum Gasteiger partial charge on any atom is -0.303 e. The first-order valence-electron chi connectivity index (χ1n) is 8.02. The van der Waals surface area contributed by atoms with Crippen LogP contribution in [0.5, 0.6) is 0 Å². The Labute approximate surface area is 134 Å². The molecule has 0 saturated heterocycles. The maximum Gasteiger partial charge on any atom is 0.264 e. The number of hydrogen-bond donors (Lipinski definition) is 0. The molecule has 0 aromatic heterocycles. The highest BCUT2D eigenvalue weighted by Crippen LogP contribution is 2.62. The van der Waals surface area contributed by atoms with E-state index in [1.54, 1.807) is 0 Å². The number of aldehydes is 1. The van der Waals surface area contributed by atoms with Crippen molar-refractivity contribution < 1.29 is 17.4 Å². The lowest BCUT2D eigenvalue weighted by molar-refractivity contribution is -0.144. The van der Waals surface area contributed by atoms with Gasteiger partial charge in [0, 0.05) is 11.3 Å². The summed E-state index contributed by atoms with van der Waals surface area (Å²) < 4.78 is 28.7. The summed E-state index contributed by atoms with van der Waals surface area (Å²) in [6.07, 6.45) is 5.88. The van der Waals surface area contributed by atoms with Crippen molar-refractivity contribution in [3.8, 4) is 0 Å². The fourth-order valence-electron chi connectivity index (χ4n) is 4.49. The van der Waals surface area contributed by atoms with Gasteiger partial charge in [-0.2, -0.15) is 8.42 Å². The van der Waals surface area contributed by atoms with Crippen LogP contribution in [0.1, 0.15) is 59.8 Å². The Kier molecular flexibility index (Phi) is 4.62. The smallest absolute Gasteiger partial charge is 0.264 e. The Morgan fingerprint density at radius 3 is 2.36 bits per heavy atom. The van der Waals surface area contributed by atoms with Gasteiger partial charge in [0.1, 0.15) is 6.29 Å². The van der Waals surface area contributed by atoms with Crippen molar-refractivity contribution in [3.63, 3.8) is 0 Å². The van der Waals surface area contributed by atoms with Crippen molar-refractivity contribution in [2.75, 3.05) is 6.26 Å². The largest absolute Gasteiger partial charge is 0.303 e. The van der Waals surface area contributed by atoms with Crippen molar-refractivity contribution in [2.45, 2.75) is 65.9 Å². The Hall–Kier alpha value is -0.680. The molecule has 0 N–H and O–H groups in total. The van der Waals surface area contributed by atoms with Crippen molar-refractivity contribution in [1.29, 1.82) is 0 Å². The summed E-state index contributed by atoms with van der Waals surface area (Å²) in [7, 11) is -3.49. The molecule has 0 radical (unpaired) electrons. The maximum absolute atomic E-state index is 11.7. The SMILES string of the molecule is CC(C)=C1CC[C@@]2(C)[C@H](OS(C)(=O)=O)CC[C@@H](C=O)[C@]2(C)C1. The number of hydrogen-bond acceptors (Lipinski definition) is 4. The number of fused-ring (bicyclic) bond motifs is 1. The monoisotopic (exact) mass is 328 g/mol. The molecule has 22 heavy (non-hydrogen) atoms. The van der Waals surface area contributed by atoms with Gasteiger partial charge in [-0.1, -0.05) is 25.0 Å². The van der Waals surface area contributed by atoms with Gasteiger partial charge < -0.3 is 4.79 Å². The summed E-state index contributed by atoms with van der Waals surface area (Å²) in [6.45, 7) is 8.49. The Morgan fingerprint density at radius 1 is 1.23 bits per heavy atom. The van der Waals surface area contributed by atoms with Crippen molar-refractivity contribution >= 4 is 16.4 Å². The second-order valence-corrected chi connectivity index (χ2v) is 9.32. The average molecular weight is 328 g/mol. The minimum absolute atomic E-state index is 0.0356. The summed E-state index contributed by atoms with van der Waals surface area (Å²) in [5, 5.41) is 0. The van der Waals surface area contributed by atoms with E-state index in [1.165, 1.54) is 11.1 Å². The number of carbonyl (C=O) groups is 1. The molecule has 4 nitrogen and oxygen atoms in total.